The van der Waals surface area contributed by atoms with Crippen LogP contribution in [0.25, 0.3) is 0 Å². The zero-order chi connectivity index (χ0) is 20.3. The van der Waals surface area contributed by atoms with E-state index in [9.17, 15) is 13.6 Å². The molecule has 1 saturated carbocycles. The van der Waals surface area contributed by atoms with Crippen LogP contribution in [0, 0.1) is 17.3 Å². The van der Waals surface area contributed by atoms with Crippen LogP contribution in [0.2, 0.25) is 0 Å². The normalized spacial score (nSPS) is 20.7. The molecule has 2 aromatic carbocycles. The van der Waals surface area contributed by atoms with Crippen LogP contribution < -0.4 is 4.74 Å². The molecule has 0 bridgehead atoms. The molecular weight excluding hydrogens is 362 g/mol. The lowest BCUT2D eigenvalue weighted by Gasteiger charge is -2.09. The molecule has 0 aliphatic heterocycles. The number of para-hydroxylation sites is 1. The van der Waals surface area contributed by atoms with Gasteiger partial charge in [0.1, 0.15) is 18.1 Å². The number of allylic oxidation sites excluding steroid dienone is 2. The van der Waals surface area contributed by atoms with E-state index in [1.165, 1.54) is 13.0 Å². The topological polar surface area (TPSA) is 35.5 Å². The van der Waals surface area contributed by atoms with Crippen LogP contribution in [-0.4, -0.2) is 12.4 Å². The van der Waals surface area contributed by atoms with E-state index in [1.807, 2.05) is 68.4 Å². The summed E-state index contributed by atoms with van der Waals surface area (Å²) in [6.07, 6.45) is -0.995. The molecule has 0 amide bonds. The smallest absolute Gasteiger partial charge is 0.310 e. The van der Waals surface area contributed by atoms with Gasteiger partial charge in [-0.2, -0.15) is 0 Å². The quantitative estimate of drug-likeness (QED) is 0.432. The summed E-state index contributed by atoms with van der Waals surface area (Å²) in [5.41, 5.74) is 0.432. The Bertz CT molecular complexity index is 859. The van der Waals surface area contributed by atoms with Gasteiger partial charge in [-0.1, -0.05) is 50.3 Å². The maximum absolute atomic E-state index is 12.8. The van der Waals surface area contributed by atoms with Crippen LogP contribution in [0.3, 0.4) is 0 Å². The Kier molecular flexibility index (Phi) is 5.82. The zero-order valence-electron chi connectivity index (χ0n) is 16.2. The van der Waals surface area contributed by atoms with Gasteiger partial charge in [0.2, 0.25) is 0 Å². The molecular formula is C23H24F2O3. The Morgan fingerprint density at radius 2 is 1.79 bits per heavy atom. The van der Waals surface area contributed by atoms with Crippen molar-refractivity contribution in [3.05, 3.63) is 71.8 Å². The Morgan fingerprint density at radius 1 is 1.11 bits per heavy atom. The SMILES string of the molecule is C/C(=C\[C@@H]1[C@@H](C(=O)OCc2cccc(Oc3ccccc3)c2)C1(C)C)C(F)F. The molecule has 1 fully saturated rings. The molecule has 28 heavy (non-hydrogen) atoms. The number of hydrogen-bond donors (Lipinski definition) is 0. The number of alkyl halides is 2. The van der Waals surface area contributed by atoms with Crippen LogP contribution in [0.5, 0.6) is 11.5 Å². The number of hydrogen-bond acceptors (Lipinski definition) is 3. The molecule has 0 unspecified atom stereocenters. The molecule has 2 atom stereocenters. The first-order chi connectivity index (χ1) is 13.3. The van der Waals surface area contributed by atoms with Gasteiger partial charge >= 0.3 is 5.97 Å². The van der Waals surface area contributed by atoms with E-state index in [0.29, 0.717) is 5.75 Å². The molecule has 0 aromatic heterocycles. The summed E-state index contributed by atoms with van der Waals surface area (Å²) in [5.74, 6) is 0.398. The first-order valence-electron chi connectivity index (χ1n) is 9.24. The van der Waals surface area contributed by atoms with E-state index in [1.54, 1.807) is 0 Å². The third-order valence-corrected chi connectivity index (χ3v) is 5.21. The van der Waals surface area contributed by atoms with Gasteiger partial charge in [0.15, 0.2) is 0 Å². The number of benzene rings is 2. The molecule has 0 saturated heterocycles. The van der Waals surface area contributed by atoms with Crippen molar-refractivity contribution in [3.63, 3.8) is 0 Å². The minimum atomic E-state index is -2.50. The standard InChI is InChI=1S/C23H24F2O3/c1-15(21(24)25)12-19-20(23(19,2)3)22(26)27-14-16-8-7-11-18(13-16)28-17-9-5-4-6-10-17/h4-13,19-21H,14H2,1-3H3/b15-12+/t19-,20+/m1/s1. The number of halogens is 2. The predicted molar refractivity (Wildman–Crippen MR) is 103 cm³/mol. The fourth-order valence-electron chi connectivity index (χ4n) is 3.36. The summed E-state index contributed by atoms with van der Waals surface area (Å²) in [7, 11) is 0. The highest BCUT2D eigenvalue weighted by Crippen LogP contribution is 2.60. The molecule has 148 valence electrons. The maximum atomic E-state index is 12.8. The summed E-state index contributed by atoms with van der Waals surface area (Å²) in [5, 5.41) is 0. The van der Waals surface area contributed by atoms with Crippen molar-refractivity contribution in [2.75, 3.05) is 0 Å². The number of ether oxygens (including phenoxy) is 2. The van der Waals surface area contributed by atoms with E-state index in [4.69, 9.17) is 9.47 Å². The maximum Gasteiger partial charge on any atom is 0.310 e. The summed E-state index contributed by atoms with van der Waals surface area (Å²) < 4.78 is 36.8. The Labute approximate surface area is 164 Å². The van der Waals surface area contributed by atoms with E-state index in [0.717, 1.165) is 11.3 Å². The molecule has 0 heterocycles. The molecule has 0 spiro atoms. The second kappa shape index (κ2) is 8.13. The van der Waals surface area contributed by atoms with E-state index >= 15 is 0 Å². The monoisotopic (exact) mass is 386 g/mol. The zero-order valence-corrected chi connectivity index (χ0v) is 16.2. The van der Waals surface area contributed by atoms with Crippen molar-refractivity contribution in [3.8, 4) is 11.5 Å². The van der Waals surface area contributed by atoms with Crippen LogP contribution in [0.1, 0.15) is 26.3 Å². The number of carbonyl (C=O) groups is 1. The highest BCUT2D eigenvalue weighted by atomic mass is 19.3. The molecule has 1 aliphatic rings. The second-order valence-corrected chi connectivity index (χ2v) is 7.71. The second-order valence-electron chi connectivity index (χ2n) is 7.71. The molecule has 5 heteroatoms. The van der Waals surface area contributed by atoms with Gasteiger partial charge in [-0.25, -0.2) is 8.78 Å². The van der Waals surface area contributed by atoms with Crippen molar-refractivity contribution in [1.82, 2.24) is 0 Å². The Balaban J connectivity index is 1.59. The highest BCUT2D eigenvalue weighted by Gasteiger charge is 2.61. The van der Waals surface area contributed by atoms with Gasteiger partial charge in [0.25, 0.3) is 6.43 Å². The molecule has 3 rings (SSSR count). The van der Waals surface area contributed by atoms with Gasteiger partial charge in [-0.15, -0.1) is 0 Å². The molecule has 2 aromatic rings. The average molecular weight is 386 g/mol. The fraction of sp³-hybridized carbons (Fsp3) is 0.348. The van der Waals surface area contributed by atoms with E-state index in [-0.39, 0.29) is 29.5 Å². The van der Waals surface area contributed by atoms with Crippen LogP contribution in [-0.2, 0) is 16.1 Å². The highest BCUT2D eigenvalue weighted by molar-refractivity contribution is 5.78. The van der Waals surface area contributed by atoms with Crippen molar-refractivity contribution in [2.24, 2.45) is 17.3 Å². The average Bonchev–Trinajstić information content (AvgIpc) is 3.21. The predicted octanol–water partition coefficient (Wildman–Crippen LogP) is 6.01. The van der Waals surface area contributed by atoms with E-state index in [2.05, 4.69) is 0 Å². The lowest BCUT2D eigenvalue weighted by Crippen LogP contribution is -2.10. The fourth-order valence-corrected chi connectivity index (χ4v) is 3.36. The van der Waals surface area contributed by atoms with Crippen molar-refractivity contribution in [1.29, 1.82) is 0 Å². The van der Waals surface area contributed by atoms with Crippen LogP contribution in [0.15, 0.2) is 66.2 Å². The summed E-state index contributed by atoms with van der Waals surface area (Å²) in [4.78, 5) is 12.5. The minimum absolute atomic E-state index is 0.000799. The van der Waals surface area contributed by atoms with Gasteiger partial charge in [0.05, 0.1) is 5.92 Å². The molecule has 0 N–H and O–H groups in total. The van der Waals surface area contributed by atoms with E-state index < -0.39 is 12.3 Å². The third-order valence-electron chi connectivity index (χ3n) is 5.21. The molecule has 0 radical (unpaired) electrons. The first-order valence-corrected chi connectivity index (χ1v) is 9.24. The summed E-state index contributed by atoms with van der Waals surface area (Å²) in [6.45, 7) is 5.29. The third kappa shape index (κ3) is 4.58. The first kappa shape index (κ1) is 20.1. The lowest BCUT2D eigenvalue weighted by molar-refractivity contribution is -0.147. The Morgan fingerprint density at radius 3 is 2.46 bits per heavy atom. The molecule has 3 nitrogen and oxygen atoms in total. The number of carbonyl (C=O) groups excluding carboxylic acids is 1. The van der Waals surface area contributed by atoms with Gasteiger partial charge in [-0.3, -0.25) is 4.79 Å². The van der Waals surface area contributed by atoms with Crippen LogP contribution >= 0.6 is 0 Å². The molecule has 1 aliphatic carbocycles. The minimum Gasteiger partial charge on any atom is -0.461 e. The van der Waals surface area contributed by atoms with Gasteiger partial charge in [0, 0.05) is 0 Å². The largest absolute Gasteiger partial charge is 0.461 e. The lowest BCUT2D eigenvalue weighted by atomic mass is 10.1. The van der Waals surface area contributed by atoms with Crippen molar-refractivity contribution in [2.45, 2.75) is 33.8 Å². The van der Waals surface area contributed by atoms with Gasteiger partial charge in [-0.05, 0) is 53.7 Å². The Hall–Kier alpha value is -2.69. The summed E-state index contributed by atoms with van der Waals surface area (Å²) >= 11 is 0. The number of rotatable bonds is 7. The van der Waals surface area contributed by atoms with Crippen molar-refractivity contribution >= 4 is 5.97 Å². The van der Waals surface area contributed by atoms with Gasteiger partial charge < -0.3 is 9.47 Å². The number of esters is 1. The van der Waals surface area contributed by atoms with Crippen LogP contribution in [0.4, 0.5) is 8.78 Å². The summed E-state index contributed by atoms with van der Waals surface area (Å²) in [6, 6.07) is 16.7. The van der Waals surface area contributed by atoms with Crippen molar-refractivity contribution < 1.29 is 23.0 Å².